The van der Waals surface area contributed by atoms with E-state index in [0.29, 0.717) is 5.56 Å². The van der Waals surface area contributed by atoms with Gasteiger partial charge >= 0.3 is 0 Å². The molecular weight excluding hydrogens is 272 g/mol. The molecule has 104 valence electrons. The molecule has 0 heterocycles. The van der Waals surface area contributed by atoms with Crippen molar-refractivity contribution in [3.8, 4) is 0 Å². The van der Waals surface area contributed by atoms with Gasteiger partial charge in [-0.15, -0.1) is 0 Å². The summed E-state index contributed by atoms with van der Waals surface area (Å²) in [5.41, 5.74) is 1.48. The number of carbonyl (C=O) groups is 1. The van der Waals surface area contributed by atoms with Crippen LogP contribution in [0, 0.1) is 6.92 Å². The molecule has 2 aromatic carbocycles. The lowest BCUT2D eigenvalue weighted by molar-refractivity contribution is -0.116. The van der Waals surface area contributed by atoms with Gasteiger partial charge in [-0.25, -0.2) is 8.42 Å². The molecule has 0 spiro atoms. The van der Waals surface area contributed by atoms with Crippen LogP contribution in [0.5, 0.6) is 0 Å². The van der Waals surface area contributed by atoms with Crippen LogP contribution in [-0.2, 0) is 14.6 Å². The van der Waals surface area contributed by atoms with Crippen LogP contribution in [0.3, 0.4) is 0 Å². The van der Waals surface area contributed by atoms with Gasteiger partial charge < -0.3 is 0 Å². The smallest absolute Gasteiger partial charge is 0.192 e. The van der Waals surface area contributed by atoms with Gasteiger partial charge in [0.05, 0.1) is 4.90 Å². The van der Waals surface area contributed by atoms with E-state index in [1.165, 1.54) is 6.92 Å². The first-order valence-electron chi connectivity index (χ1n) is 6.29. The van der Waals surface area contributed by atoms with Crippen LogP contribution in [0.15, 0.2) is 59.5 Å². The molecule has 0 saturated carbocycles. The second kappa shape index (κ2) is 5.59. The highest BCUT2D eigenvalue weighted by molar-refractivity contribution is 7.92. The molecule has 0 radical (unpaired) electrons. The van der Waals surface area contributed by atoms with E-state index in [9.17, 15) is 13.2 Å². The summed E-state index contributed by atoms with van der Waals surface area (Å²) < 4.78 is 25.3. The number of hydrogen-bond donors (Lipinski definition) is 0. The summed E-state index contributed by atoms with van der Waals surface area (Å²) in [5, 5.41) is -1.15. The summed E-state index contributed by atoms with van der Waals surface area (Å²) in [5.74, 6) is -0.378. The van der Waals surface area contributed by atoms with E-state index in [2.05, 4.69) is 0 Å². The minimum Gasteiger partial charge on any atom is -0.298 e. The maximum atomic E-state index is 12.7. The van der Waals surface area contributed by atoms with Gasteiger partial charge in [0.1, 0.15) is 5.25 Å². The third-order valence-electron chi connectivity index (χ3n) is 3.13. The van der Waals surface area contributed by atoms with Crippen LogP contribution in [0.2, 0.25) is 0 Å². The molecule has 0 unspecified atom stereocenters. The van der Waals surface area contributed by atoms with Crippen LogP contribution in [-0.4, -0.2) is 14.2 Å². The molecule has 0 saturated heterocycles. The highest BCUT2D eigenvalue weighted by Gasteiger charge is 2.32. The maximum Gasteiger partial charge on any atom is 0.192 e. The topological polar surface area (TPSA) is 51.2 Å². The van der Waals surface area contributed by atoms with E-state index in [1.54, 1.807) is 54.6 Å². The van der Waals surface area contributed by atoms with Crippen molar-refractivity contribution >= 4 is 15.6 Å². The van der Waals surface area contributed by atoms with Crippen molar-refractivity contribution in [3.05, 3.63) is 65.7 Å². The Morgan fingerprint density at radius 3 is 2.00 bits per heavy atom. The number of aryl methyl sites for hydroxylation is 1. The van der Waals surface area contributed by atoms with Gasteiger partial charge in [0.2, 0.25) is 0 Å². The molecule has 0 N–H and O–H groups in total. The summed E-state index contributed by atoms with van der Waals surface area (Å²) in [6.07, 6.45) is 0. The quantitative estimate of drug-likeness (QED) is 0.868. The fourth-order valence-electron chi connectivity index (χ4n) is 2.12. The van der Waals surface area contributed by atoms with Crippen LogP contribution in [0.25, 0.3) is 0 Å². The zero-order valence-electron chi connectivity index (χ0n) is 11.4. The van der Waals surface area contributed by atoms with Gasteiger partial charge in [-0.2, -0.15) is 0 Å². The second-order valence-electron chi connectivity index (χ2n) is 4.76. The lowest BCUT2D eigenvalue weighted by Gasteiger charge is -2.15. The Bertz CT molecular complexity index is 701. The first-order valence-corrected chi connectivity index (χ1v) is 7.83. The largest absolute Gasteiger partial charge is 0.298 e. The van der Waals surface area contributed by atoms with Gasteiger partial charge in [-0.1, -0.05) is 48.0 Å². The van der Waals surface area contributed by atoms with Crippen molar-refractivity contribution < 1.29 is 13.2 Å². The molecule has 20 heavy (non-hydrogen) atoms. The normalized spacial score (nSPS) is 12.9. The van der Waals surface area contributed by atoms with Crippen molar-refractivity contribution in [2.24, 2.45) is 0 Å². The van der Waals surface area contributed by atoms with Gasteiger partial charge in [0.25, 0.3) is 0 Å². The zero-order valence-corrected chi connectivity index (χ0v) is 12.2. The Kier molecular flexibility index (Phi) is 4.04. The summed E-state index contributed by atoms with van der Waals surface area (Å²) in [7, 11) is -3.72. The molecule has 2 rings (SSSR count). The number of carbonyl (C=O) groups excluding carboxylic acids is 1. The molecule has 4 heteroatoms. The Morgan fingerprint density at radius 1 is 0.950 bits per heavy atom. The highest BCUT2D eigenvalue weighted by atomic mass is 32.2. The predicted octanol–water partition coefficient (Wildman–Crippen LogP) is 3.10. The highest BCUT2D eigenvalue weighted by Crippen LogP contribution is 2.29. The number of hydrogen-bond acceptors (Lipinski definition) is 3. The van der Waals surface area contributed by atoms with Gasteiger partial charge in [0.15, 0.2) is 15.6 Å². The average molecular weight is 288 g/mol. The molecule has 0 aliphatic carbocycles. The molecule has 0 aromatic heterocycles. The number of ketones is 1. The number of rotatable bonds is 4. The van der Waals surface area contributed by atoms with E-state index >= 15 is 0 Å². The third kappa shape index (κ3) is 2.80. The summed E-state index contributed by atoms with van der Waals surface area (Å²) >= 11 is 0. The zero-order chi connectivity index (χ0) is 14.8. The molecular formula is C16H16O3S. The maximum absolute atomic E-state index is 12.7. The second-order valence-corrected chi connectivity index (χ2v) is 6.79. The fraction of sp³-hybridized carbons (Fsp3) is 0.188. The summed E-state index contributed by atoms with van der Waals surface area (Å²) in [6, 6.07) is 15.1. The Labute approximate surface area is 119 Å². The molecule has 3 nitrogen and oxygen atoms in total. The van der Waals surface area contributed by atoms with Crippen LogP contribution >= 0.6 is 0 Å². The number of sulfone groups is 1. The predicted molar refractivity (Wildman–Crippen MR) is 78.2 cm³/mol. The molecule has 1 atom stereocenters. The van der Waals surface area contributed by atoms with E-state index < -0.39 is 15.1 Å². The minimum atomic E-state index is -3.72. The van der Waals surface area contributed by atoms with E-state index in [0.717, 1.165) is 5.56 Å². The standard InChI is InChI=1S/C16H16O3S/c1-12-8-10-15(11-9-12)20(18,19)16(13(2)17)14-6-4-3-5-7-14/h3-11,16H,1-2H3/t16-/m1/s1. The molecule has 0 aliphatic heterocycles. The number of benzene rings is 2. The fourth-order valence-corrected chi connectivity index (χ4v) is 3.86. The Hall–Kier alpha value is -1.94. The molecule has 0 bridgehead atoms. The molecule has 2 aromatic rings. The van der Waals surface area contributed by atoms with Crippen LogP contribution in [0.1, 0.15) is 23.3 Å². The lowest BCUT2D eigenvalue weighted by Crippen LogP contribution is -2.20. The van der Waals surface area contributed by atoms with Crippen molar-refractivity contribution in [2.45, 2.75) is 24.0 Å². The summed E-state index contributed by atoms with van der Waals surface area (Å²) in [4.78, 5) is 12.0. The van der Waals surface area contributed by atoms with Gasteiger partial charge in [0, 0.05) is 0 Å². The van der Waals surface area contributed by atoms with Crippen molar-refractivity contribution in [2.75, 3.05) is 0 Å². The SMILES string of the molecule is CC(=O)[C@H](c1ccccc1)S(=O)(=O)c1ccc(C)cc1. The average Bonchev–Trinajstić information content (AvgIpc) is 2.39. The van der Waals surface area contributed by atoms with Crippen LogP contribution < -0.4 is 0 Å². The molecule has 0 aliphatic rings. The van der Waals surface area contributed by atoms with Crippen molar-refractivity contribution in [1.29, 1.82) is 0 Å². The Balaban J connectivity index is 2.54. The molecule has 0 fully saturated rings. The van der Waals surface area contributed by atoms with E-state index in [-0.39, 0.29) is 10.7 Å². The van der Waals surface area contributed by atoms with Crippen molar-refractivity contribution in [3.63, 3.8) is 0 Å². The first kappa shape index (κ1) is 14.5. The van der Waals surface area contributed by atoms with Gasteiger partial charge in [-0.05, 0) is 31.5 Å². The summed E-state index contributed by atoms with van der Waals surface area (Å²) in [6.45, 7) is 3.19. The van der Waals surface area contributed by atoms with Crippen molar-refractivity contribution in [1.82, 2.24) is 0 Å². The minimum absolute atomic E-state index is 0.173. The van der Waals surface area contributed by atoms with E-state index in [1.807, 2.05) is 6.92 Å². The first-order chi connectivity index (χ1) is 9.43. The third-order valence-corrected chi connectivity index (χ3v) is 5.29. The number of Topliss-reactive ketones (excluding diaryl/α,β-unsaturated/α-hetero) is 1. The van der Waals surface area contributed by atoms with E-state index in [4.69, 9.17) is 0 Å². The monoisotopic (exact) mass is 288 g/mol. The Morgan fingerprint density at radius 2 is 1.50 bits per heavy atom. The van der Waals surface area contributed by atoms with Crippen LogP contribution in [0.4, 0.5) is 0 Å². The molecule has 0 amide bonds. The lowest BCUT2D eigenvalue weighted by atomic mass is 10.1. The van der Waals surface area contributed by atoms with Gasteiger partial charge in [-0.3, -0.25) is 4.79 Å².